The quantitative estimate of drug-likeness (QED) is 0.728. The zero-order chi connectivity index (χ0) is 12.3. The molecule has 0 aromatic heterocycles. The van der Waals surface area contributed by atoms with E-state index < -0.39 is 0 Å². The van der Waals surface area contributed by atoms with Gasteiger partial charge in [-0.05, 0) is 42.5 Å². The van der Waals surface area contributed by atoms with Crippen LogP contribution >= 0.6 is 11.6 Å². The summed E-state index contributed by atoms with van der Waals surface area (Å²) in [6.45, 7) is 4.27. The summed E-state index contributed by atoms with van der Waals surface area (Å²) in [5.41, 5.74) is 5.16. The Bertz CT molecular complexity index is 497. The van der Waals surface area contributed by atoms with Crippen molar-refractivity contribution in [2.75, 3.05) is 0 Å². The summed E-state index contributed by atoms with van der Waals surface area (Å²) in [5, 5.41) is 0.857. The monoisotopic (exact) mass is 244 g/mol. The molecular weight excluding hydrogens is 228 g/mol. The van der Waals surface area contributed by atoms with E-state index in [1.807, 2.05) is 12.1 Å². The molecule has 0 saturated carbocycles. The fraction of sp³-hybridized carbons (Fsp3) is 0.250. The van der Waals surface area contributed by atoms with Gasteiger partial charge in [0.15, 0.2) is 0 Å². The average molecular weight is 245 g/mol. The van der Waals surface area contributed by atoms with E-state index in [0.29, 0.717) is 0 Å². The maximum Gasteiger partial charge on any atom is 0.0441 e. The number of halogens is 1. The molecule has 0 spiro atoms. The summed E-state index contributed by atoms with van der Waals surface area (Å²) >= 11 is 6.20. The van der Waals surface area contributed by atoms with Crippen LogP contribution in [0.15, 0.2) is 42.5 Å². The minimum atomic E-state index is 0.857. The molecule has 0 aliphatic heterocycles. The third-order valence-electron chi connectivity index (χ3n) is 3.03. The third kappa shape index (κ3) is 3.10. The molecule has 0 fully saturated rings. The summed E-state index contributed by atoms with van der Waals surface area (Å²) < 4.78 is 0. The molecule has 2 rings (SSSR count). The van der Waals surface area contributed by atoms with E-state index in [1.165, 1.54) is 22.3 Å². The molecular formula is C16H17Cl. The summed E-state index contributed by atoms with van der Waals surface area (Å²) in [4.78, 5) is 0. The second kappa shape index (κ2) is 5.37. The van der Waals surface area contributed by atoms with Crippen LogP contribution in [0.4, 0.5) is 0 Å². The minimum Gasteiger partial charge on any atom is -0.0840 e. The zero-order valence-corrected chi connectivity index (χ0v) is 11.1. The lowest BCUT2D eigenvalue weighted by Crippen LogP contribution is -1.91. The van der Waals surface area contributed by atoms with Gasteiger partial charge in [0.05, 0.1) is 0 Å². The van der Waals surface area contributed by atoms with E-state index in [9.17, 15) is 0 Å². The second-order valence-electron chi connectivity index (χ2n) is 4.44. The van der Waals surface area contributed by atoms with E-state index >= 15 is 0 Å². The first-order chi connectivity index (χ1) is 8.19. The van der Waals surface area contributed by atoms with Crippen LogP contribution in [0.3, 0.4) is 0 Å². The molecule has 0 nitrogen and oxygen atoms in total. The van der Waals surface area contributed by atoms with Gasteiger partial charge in [-0.1, -0.05) is 60.5 Å². The van der Waals surface area contributed by atoms with Gasteiger partial charge >= 0.3 is 0 Å². The van der Waals surface area contributed by atoms with Crippen molar-refractivity contribution in [3.05, 3.63) is 69.7 Å². The number of benzene rings is 2. The van der Waals surface area contributed by atoms with E-state index in [2.05, 4.69) is 44.2 Å². The number of hydrogen-bond acceptors (Lipinski definition) is 0. The summed E-state index contributed by atoms with van der Waals surface area (Å²) in [5.74, 6) is 0. The number of hydrogen-bond donors (Lipinski definition) is 0. The molecule has 2 aromatic rings. The molecule has 88 valence electrons. The topological polar surface area (TPSA) is 0 Å². The van der Waals surface area contributed by atoms with Crippen molar-refractivity contribution >= 4 is 11.6 Å². The summed E-state index contributed by atoms with van der Waals surface area (Å²) in [6.07, 6.45) is 2.00. The fourth-order valence-corrected chi connectivity index (χ4v) is 2.14. The second-order valence-corrected chi connectivity index (χ2v) is 4.85. The van der Waals surface area contributed by atoms with Gasteiger partial charge in [0.1, 0.15) is 0 Å². The minimum absolute atomic E-state index is 0.857. The molecule has 2 aromatic carbocycles. The predicted octanol–water partition coefficient (Wildman–Crippen LogP) is 4.80. The summed E-state index contributed by atoms with van der Waals surface area (Å²) in [7, 11) is 0. The molecule has 0 heterocycles. The van der Waals surface area contributed by atoms with Crippen LogP contribution in [0.25, 0.3) is 0 Å². The summed E-state index contributed by atoms with van der Waals surface area (Å²) in [6, 6.07) is 15.0. The fourth-order valence-electron chi connectivity index (χ4n) is 1.95. The maximum atomic E-state index is 6.20. The first-order valence-corrected chi connectivity index (χ1v) is 6.39. The Labute approximate surface area is 108 Å². The van der Waals surface area contributed by atoms with Crippen LogP contribution in [-0.2, 0) is 12.8 Å². The lowest BCUT2D eigenvalue weighted by Gasteiger charge is -2.06. The van der Waals surface area contributed by atoms with E-state index in [0.717, 1.165) is 17.9 Å². The van der Waals surface area contributed by atoms with Crippen LogP contribution in [0.5, 0.6) is 0 Å². The molecule has 0 aliphatic rings. The highest BCUT2D eigenvalue weighted by atomic mass is 35.5. The maximum absolute atomic E-state index is 6.20. The Hall–Kier alpha value is -1.27. The van der Waals surface area contributed by atoms with Crippen LogP contribution in [-0.4, -0.2) is 0 Å². The Morgan fingerprint density at radius 3 is 2.24 bits per heavy atom. The standard InChI is InChI=1S/C16H17Cl/c1-3-13-5-7-14(8-6-13)11-15-10-12(2)4-9-16(15)17/h4-10H,3,11H2,1-2H3. The molecule has 0 atom stereocenters. The smallest absolute Gasteiger partial charge is 0.0441 e. The molecule has 0 aliphatic carbocycles. The van der Waals surface area contributed by atoms with Gasteiger partial charge in [-0.25, -0.2) is 0 Å². The molecule has 0 radical (unpaired) electrons. The van der Waals surface area contributed by atoms with Gasteiger partial charge in [-0.3, -0.25) is 0 Å². The van der Waals surface area contributed by atoms with Crippen molar-refractivity contribution in [3.63, 3.8) is 0 Å². The van der Waals surface area contributed by atoms with Crippen LogP contribution in [0.1, 0.15) is 29.2 Å². The predicted molar refractivity (Wildman–Crippen MR) is 74.8 cm³/mol. The highest BCUT2D eigenvalue weighted by molar-refractivity contribution is 6.31. The van der Waals surface area contributed by atoms with Gasteiger partial charge in [0.25, 0.3) is 0 Å². The van der Waals surface area contributed by atoms with Gasteiger partial charge in [-0.2, -0.15) is 0 Å². The normalized spacial score (nSPS) is 10.5. The Morgan fingerprint density at radius 1 is 0.941 bits per heavy atom. The van der Waals surface area contributed by atoms with Crippen LogP contribution in [0.2, 0.25) is 5.02 Å². The molecule has 0 N–H and O–H groups in total. The van der Waals surface area contributed by atoms with Gasteiger partial charge in [-0.15, -0.1) is 0 Å². The molecule has 17 heavy (non-hydrogen) atoms. The van der Waals surface area contributed by atoms with Gasteiger partial charge in [0.2, 0.25) is 0 Å². The Morgan fingerprint density at radius 2 is 1.59 bits per heavy atom. The first-order valence-electron chi connectivity index (χ1n) is 6.02. The molecule has 0 unspecified atom stereocenters. The van der Waals surface area contributed by atoms with Crippen molar-refractivity contribution in [2.24, 2.45) is 0 Å². The Kier molecular flexibility index (Phi) is 3.86. The van der Waals surface area contributed by atoms with Crippen molar-refractivity contribution in [1.29, 1.82) is 0 Å². The van der Waals surface area contributed by atoms with E-state index in [4.69, 9.17) is 11.6 Å². The molecule has 0 bridgehead atoms. The highest BCUT2D eigenvalue weighted by Gasteiger charge is 2.02. The van der Waals surface area contributed by atoms with E-state index in [-0.39, 0.29) is 0 Å². The number of rotatable bonds is 3. The van der Waals surface area contributed by atoms with E-state index in [1.54, 1.807) is 0 Å². The molecule has 0 saturated heterocycles. The number of aryl methyl sites for hydroxylation is 2. The van der Waals surface area contributed by atoms with Gasteiger partial charge in [0, 0.05) is 5.02 Å². The van der Waals surface area contributed by atoms with Gasteiger partial charge < -0.3 is 0 Å². The molecule has 0 amide bonds. The third-order valence-corrected chi connectivity index (χ3v) is 3.40. The van der Waals surface area contributed by atoms with Crippen molar-refractivity contribution < 1.29 is 0 Å². The largest absolute Gasteiger partial charge is 0.0840 e. The van der Waals surface area contributed by atoms with Crippen molar-refractivity contribution in [2.45, 2.75) is 26.7 Å². The lowest BCUT2D eigenvalue weighted by atomic mass is 10.0. The molecule has 1 heteroatoms. The van der Waals surface area contributed by atoms with Crippen molar-refractivity contribution in [1.82, 2.24) is 0 Å². The van der Waals surface area contributed by atoms with Crippen LogP contribution < -0.4 is 0 Å². The zero-order valence-electron chi connectivity index (χ0n) is 10.3. The highest BCUT2D eigenvalue weighted by Crippen LogP contribution is 2.21. The SMILES string of the molecule is CCc1ccc(Cc2cc(C)ccc2Cl)cc1. The first kappa shape index (κ1) is 12.2. The van der Waals surface area contributed by atoms with Crippen molar-refractivity contribution in [3.8, 4) is 0 Å². The lowest BCUT2D eigenvalue weighted by molar-refractivity contribution is 1.12. The van der Waals surface area contributed by atoms with Crippen LogP contribution in [0, 0.1) is 6.92 Å². The average Bonchev–Trinajstić information content (AvgIpc) is 2.35. The Balaban J connectivity index is 2.22.